The van der Waals surface area contributed by atoms with Gasteiger partial charge in [-0.1, -0.05) is 0 Å². The van der Waals surface area contributed by atoms with Crippen LogP contribution in [0.5, 0.6) is 0 Å². The number of fused-ring (bicyclic) bond motifs is 1. The van der Waals surface area contributed by atoms with Gasteiger partial charge in [0, 0.05) is 27.8 Å². The Balaban J connectivity index is 2.68. The number of nitrogens with one attached hydrogen (secondary N) is 2. The molecule has 20 heteroatoms. The largest absolute Gasteiger partial charge is 0.523 e. The van der Waals surface area contributed by atoms with Gasteiger partial charge < -0.3 is 19.1 Å². The van der Waals surface area contributed by atoms with Crippen LogP contribution in [0.1, 0.15) is 20.8 Å². The second kappa shape index (κ2) is 11.7. The lowest BCUT2D eigenvalue weighted by atomic mass is 10.4. The lowest BCUT2D eigenvalue weighted by Crippen LogP contribution is -2.68. The number of carbonyl (C=O) groups is 3. The molecule has 0 spiro atoms. The molecule has 2 rings (SSSR count). The van der Waals surface area contributed by atoms with E-state index in [1.165, 1.54) is 0 Å². The molecule has 0 radical (unpaired) electrons. The number of rotatable bonds is 11. The summed E-state index contributed by atoms with van der Waals surface area (Å²) in [5.74, 6) is -5.73. The summed E-state index contributed by atoms with van der Waals surface area (Å²) in [7, 11) is -2.95. The van der Waals surface area contributed by atoms with Crippen LogP contribution in [0.25, 0.3) is 0 Å². The molecular formula is C19H27F3N6O10S. The van der Waals surface area contributed by atoms with Crippen molar-refractivity contribution in [1.82, 2.24) is 14.9 Å². The van der Waals surface area contributed by atoms with Gasteiger partial charge in [-0.05, 0) is 14.1 Å². The van der Waals surface area contributed by atoms with E-state index in [1.54, 1.807) is 0 Å². The van der Waals surface area contributed by atoms with E-state index in [-0.39, 0.29) is 0 Å². The molecular weight excluding hydrogens is 561 g/mol. The minimum Gasteiger partial charge on any atom is -0.463 e. The number of nitrogens with zero attached hydrogens (tertiary/aromatic N) is 4. The molecule has 1 aliphatic heterocycles. The molecule has 2 heterocycles. The van der Waals surface area contributed by atoms with E-state index in [2.05, 4.69) is 15.3 Å². The maximum absolute atomic E-state index is 13.4. The standard InChI is InChI=1S/C19H27F3N6O10S/c1-10(29)23-17-24-15-14(16(32)25-17)27(6)19(26(4)5,38-39(33,34)18(20,21)22)28(15)9-37-13(7-35-11(2)30)8-36-12(3)31/h13H,7-9H2,1-6H3,(H2,23,24,25,29,32). The van der Waals surface area contributed by atoms with E-state index in [0.717, 1.165) is 56.6 Å². The van der Waals surface area contributed by atoms with Gasteiger partial charge in [-0.2, -0.15) is 30.8 Å². The Hall–Kier alpha value is -3.49. The number of amides is 1. The third-order valence-corrected chi connectivity index (χ3v) is 6.03. The number of aromatic nitrogens is 2. The first-order valence-electron chi connectivity index (χ1n) is 10.8. The van der Waals surface area contributed by atoms with Gasteiger partial charge in [0.25, 0.3) is 5.56 Å². The van der Waals surface area contributed by atoms with E-state index in [9.17, 15) is 40.8 Å². The molecule has 0 aromatic carbocycles. The molecule has 1 aromatic heterocycles. The van der Waals surface area contributed by atoms with Crippen LogP contribution in [0.15, 0.2) is 4.79 Å². The molecule has 1 amide bonds. The van der Waals surface area contributed by atoms with Crippen molar-refractivity contribution in [2.75, 3.05) is 56.2 Å². The molecule has 1 atom stereocenters. The van der Waals surface area contributed by atoms with Gasteiger partial charge in [0.05, 0.1) is 0 Å². The fraction of sp³-hybridized carbons (Fsp3) is 0.632. The average molecular weight is 589 g/mol. The highest BCUT2D eigenvalue weighted by Gasteiger charge is 2.61. The highest BCUT2D eigenvalue weighted by molar-refractivity contribution is 7.87. The molecule has 2 N–H and O–H groups in total. The Morgan fingerprint density at radius 2 is 1.67 bits per heavy atom. The first-order chi connectivity index (χ1) is 17.8. The average Bonchev–Trinajstić information content (AvgIpc) is 3.00. The SMILES string of the molecule is CC(=O)Nc1nc2c(c(=O)[nH]1)N(C)C(OS(=O)(=O)C(F)(F)F)(N(C)C)N2COC(COC(C)=O)COC(C)=O. The Labute approximate surface area is 220 Å². The number of esters is 2. The molecule has 0 fully saturated rings. The van der Waals surface area contributed by atoms with Gasteiger partial charge in [0.15, 0.2) is 11.5 Å². The lowest BCUT2D eigenvalue weighted by Gasteiger charge is -2.45. The highest BCUT2D eigenvalue weighted by Crippen LogP contribution is 2.45. The molecule has 39 heavy (non-hydrogen) atoms. The van der Waals surface area contributed by atoms with Gasteiger partial charge in [-0.15, -0.1) is 0 Å². The molecule has 0 saturated carbocycles. The predicted molar refractivity (Wildman–Crippen MR) is 126 cm³/mol. The molecule has 16 nitrogen and oxygen atoms in total. The Bertz CT molecular complexity index is 1250. The van der Waals surface area contributed by atoms with Crippen molar-refractivity contribution in [3.05, 3.63) is 10.4 Å². The van der Waals surface area contributed by atoms with Crippen LogP contribution in [0.4, 0.5) is 30.6 Å². The van der Waals surface area contributed by atoms with Crippen molar-refractivity contribution in [3.8, 4) is 0 Å². The van der Waals surface area contributed by atoms with Crippen molar-refractivity contribution in [1.29, 1.82) is 0 Å². The predicted octanol–water partition coefficient (Wildman–Crippen LogP) is -0.507. The van der Waals surface area contributed by atoms with Crippen LogP contribution < -0.4 is 20.7 Å². The molecule has 1 aromatic rings. The van der Waals surface area contributed by atoms with Gasteiger partial charge >= 0.3 is 33.5 Å². The Kier molecular flexibility index (Phi) is 9.53. The summed E-state index contributed by atoms with van der Waals surface area (Å²) in [6.45, 7) is 1.46. The van der Waals surface area contributed by atoms with Crippen LogP contribution >= 0.6 is 0 Å². The number of H-pyrrole nitrogens is 1. The molecule has 0 aliphatic carbocycles. The quantitative estimate of drug-likeness (QED) is 0.145. The van der Waals surface area contributed by atoms with Crippen molar-refractivity contribution in [3.63, 3.8) is 0 Å². The lowest BCUT2D eigenvalue weighted by molar-refractivity contribution is -0.154. The summed E-state index contributed by atoms with van der Waals surface area (Å²) in [6.07, 6.45) is -1.21. The van der Waals surface area contributed by atoms with E-state index in [4.69, 9.17) is 18.4 Å². The number of hydrogen-bond donors (Lipinski definition) is 2. The first-order valence-corrected chi connectivity index (χ1v) is 12.2. The molecule has 220 valence electrons. The number of ether oxygens (including phenoxy) is 3. The second-order valence-electron chi connectivity index (χ2n) is 8.23. The van der Waals surface area contributed by atoms with Crippen LogP contribution in [0.3, 0.4) is 0 Å². The summed E-state index contributed by atoms with van der Waals surface area (Å²) in [5.41, 5.74) is -7.30. The van der Waals surface area contributed by atoms with Gasteiger partial charge in [-0.25, -0.2) is 4.90 Å². The maximum Gasteiger partial charge on any atom is 0.523 e. The zero-order valence-corrected chi connectivity index (χ0v) is 22.4. The monoisotopic (exact) mass is 588 g/mol. The zero-order valence-electron chi connectivity index (χ0n) is 21.6. The number of hydrogen-bond acceptors (Lipinski definition) is 14. The molecule has 1 aliphatic rings. The summed E-state index contributed by atoms with van der Waals surface area (Å²) in [6, 6.07) is 0. The van der Waals surface area contributed by atoms with Crippen LogP contribution in [0.2, 0.25) is 0 Å². The Morgan fingerprint density at radius 1 is 1.13 bits per heavy atom. The van der Waals surface area contributed by atoms with Gasteiger partial charge in [0.1, 0.15) is 26.0 Å². The number of carbonyl (C=O) groups excluding carboxylic acids is 3. The van der Waals surface area contributed by atoms with E-state index in [1.807, 2.05) is 0 Å². The number of halogens is 3. The summed E-state index contributed by atoms with van der Waals surface area (Å²) in [4.78, 5) is 55.7. The van der Waals surface area contributed by atoms with E-state index in [0.29, 0.717) is 0 Å². The number of alkyl halides is 3. The normalized spacial score (nSPS) is 17.4. The highest BCUT2D eigenvalue weighted by atomic mass is 32.2. The van der Waals surface area contributed by atoms with Crippen LogP contribution in [-0.2, 0) is 42.9 Å². The van der Waals surface area contributed by atoms with E-state index < -0.39 is 88.5 Å². The summed E-state index contributed by atoms with van der Waals surface area (Å²) < 4.78 is 84.8. The van der Waals surface area contributed by atoms with E-state index >= 15 is 0 Å². The fourth-order valence-corrected chi connectivity index (χ4v) is 4.18. The van der Waals surface area contributed by atoms with Crippen molar-refractivity contribution < 1.29 is 54.4 Å². The minimum absolute atomic E-state index is 0.422. The van der Waals surface area contributed by atoms with Crippen molar-refractivity contribution in [2.24, 2.45) is 0 Å². The fourth-order valence-electron chi connectivity index (χ4n) is 3.44. The van der Waals surface area contributed by atoms with Crippen molar-refractivity contribution >= 4 is 45.4 Å². The second-order valence-corrected chi connectivity index (χ2v) is 9.77. The molecule has 0 saturated heterocycles. The minimum atomic E-state index is -6.32. The number of aromatic amines is 1. The third-order valence-electron chi connectivity index (χ3n) is 5.02. The molecule has 1 unspecified atom stereocenters. The maximum atomic E-state index is 13.4. The smallest absolute Gasteiger partial charge is 0.463 e. The first kappa shape index (κ1) is 31.7. The zero-order chi connectivity index (χ0) is 29.9. The van der Waals surface area contributed by atoms with Crippen LogP contribution in [0, 0.1) is 0 Å². The third kappa shape index (κ3) is 6.94. The molecule has 0 bridgehead atoms. The van der Waals surface area contributed by atoms with Gasteiger partial charge in [-0.3, -0.25) is 34.4 Å². The van der Waals surface area contributed by atoms with Gasteiger partial charge in [0.2, 0.25) is 11.9 Å². The number of anilines is 3. The van der Waals surface area contributed by atoms with Crippen molar-refractivity contribution in [2.45, 2.75) is 38.4 Å². The Morgan fingerprint density at radius 3 is 2.10 bits per heavy atom. The van der Waals surface area contributed by atoms with Crippen LogP contribution in [-0.4, -0.2) is 99.8 Å². The summed E-state index contributed by atoms with van der Waals surface area (Å²) >= 11 is 0. The topological polar surface area (TPSA) is 190 Å². The summed E-state index contributed by atoms with van der Waals surface area (Å²) in [5, 5.41) is 2.21.